The summed E-state index contributed by atoms with van der Waals surface area (Å²) in [6.07, 6.45) is 0.999. The molecule has 0 bridgehead atoms. The molecule has 3 nitrogen and oxygen atoms in total. The third kappa shape index (κ3) is 2.76. The molecule has 0 radical (unpaired) electrons. The van der Waals surface area contributed by atoms with E-state index < -0.39 is 0 Å². The average molecular weight is 193 g/mol. The monoisotopic (exact) mass is 193 g/mol. The lowest BCUT2D eigenvalue weighted by Gasteiger charge is -2.04. The number of oxime groups is 1. The van der Waals surface area contributed by atoms with Crippen LogP contribution in [-0.2, 0) is 0 Å². The molecule has 0 unspecified atom stereocenters. The van der Waals surface area contributed by atoms with Crippen molar-refractivity contribution in [3.8, 4) is 5.75 Å². The van der Waals surface area contributed by atoms with Gasteiger partial charge in [-0.3, -0.25) is 0 Å². The second kappa shape index (κ2) is 5.27. The summed E-state index contributed by atoms with van der Waals surface area (Å²) in [4.78, 5) is 0. The Balaban J connectivity index is 2.68. The molecule has 1 rings (SSSR count). The van der Waals surface area contributed by atoms with Gasteiger partial charge in [0.1, 0.15) is 5.75 Å². The summed E-state index contributed by atoms with van der Waals surface area (Å²) in [7, 11) is 0. The zero-order valence-electron chi connectivity index (χ0n) is 8.53. The Kier molecular flexibility index (Phi) is 3.98. The third-order valence-corrected chi connectivity index (χ3v) is 1.89. The van der Waals surface area contributed by atoms with Crippen LogP contribution in [0.2, 0.25) is 0 Å². The summed E-state index contributed by atoms with van der Waals surface area (Å²) >= 11 is 0. The maximum absolute atomic E-state index is 8.56. The molecule has 0 saturated heterocycles. The van der Waals surface area contributed by atoms with Gasteiger partial charge in [0.05, 0.1) is 12.3 Å². The summed E-state index contributed by atoms with van der Waals surface area (Å²) in [6, 6.07) is 7.50. The van der Waals surface area contributed by atoms with E-state index >= 15 is 0 Å². The number of rotatable bonds is 4. The number of benzene rings is 1. The van der Waals surface area contributed by atoms with Gasteiger partial charge in [0.15, 0.2) is 0 Å². The van der Waals surface area contributed by atoms with Crippen LogP contribution in [0.1, 0.15) is 25.8 Å². The van der Waals surface area contributed by atoms with Gasteiger partial charge in [-0.15, -0.1) is 0 Å². The largest absolute Gasteiger partial charge is 0.494 e. The maximum atomic E-state index is 8.56. The van der Waals surface area contributed by atoms with Crippen LogP contribution in [0.3, 0.4) is 0 Å². The normalized spacial score (nSPS) is 11.4. The molecule has 0 aliphatic rings. The Morgan fingerprint density at radius 3 is 2.50 bits per heavy atom. The SMILES string of the molecule is CCCOc1ccc(/C(C)=N/O)cc1. The number of ether oxygens (including phenoxy) is 1. The topological polar surface area (TPSA) is 41.8 Å². The van der Waals surface area contributed by atoms with E-state index in [0.29, 0.717) is 5.71 Å². The number of hydrogen-bond acceptors (Lipinski definition) is 3. The van der Waals surface area contributed by atoms with Crippen molar-refractivity contribution in [1.29, 1.82) is 0 Å². The van der Waals surface area contributed by atoms with Crippen molar-refractivity contribution < 1.29 is 9.94 Å². The lowest BCUT2D eigenvalue weighted by atomic mass is 10.1. The Morgan fingerprint density at radius 2 is 2.00 bits per heavy atom. The minimum absolute atomic E-state index is 0.604. The molecule has 1 N–H and O–H groups in total. The van der Waals surface area contributed by atoms with Gasteiger partial charge in [0, 0.05) is 0 Å². The quantitative estimate of drug-likeness (QED) is 0.454. The minimum atomic E-state index is 0.604. The van der Waals surface area contributed by atoms with Crippen molar-refractivity contribution in [1.82, 2.24) is 0 Å². The Labute approximate surface area is 84.0 Å². The van der Waals surface area contributed by atoms with E-state index in [1.54, 1.807) is 6.92 Å². The van der Waals surface area contributed by atoms with Gasteiger partial charge in [0.25, 0.3) is 0 Å². The average Bonchev–Trinajstić information content (AvgIpc) is 2.26. The van der Waals surface area contributed by atoms with Crippen LogP contribution in [0, 0.1) is 0 Å². The van der Waals surface area contributed by atoms with Crippen molar-refractivity contribution in [2.45, 2.75) is 20.3 Å². The van der Waals surface area contributed by atoms with Gasteiger partial charge in [-0.2, -0.15) is 0 Å². The summed E-state index contributed by atoms with van der Waals surface area (Å²) in [5, 5.41) is 11.7. The van der Waals surface area contributed by atoms with Crippen LogP contribution in [0.4, 0.5) is 0 Å². The van der Waals surface area contributed by atoms with Gasteiger partial charge in [-0.1, -0.05) is 12.1 Å². The molecule has 0 atom stereocenters. The molecule has 3 heteroatoms. The molecule has 0 spiro atoms. The van der Waals surface area contributed by atoms with Crippen LogP contribution in [0.15, 0.2) is 29.4 Å². The van der Waals surface area contributed by atoms with E-state index in [1.807, 2.05) is 24.3 Å². The highest BCUT2D eigenvalue weighted by Crippen LogP contribution is 2.12. The third-order valence-electron chi connectivity index (χ3n) is 1.89. The van der Waals surface area contributed by atoms with Crippen LogP contribution in [0.5, 0.6) is 5.75 Å². The fourth-order valence-corrected chi connectivity index (χ4v) is 1.07. The molecule has 0 aromatic heterocycles. The maximum Gasteiger partial charge on any atom is 0.119 e. The van der Waals surface area contributed by atoms with Gasteiger partial charge in [0.2, 0.25) is 0 Å². The van der Waals surface area contributed by atoms with E-state index in [9.17, 15) is 0 Å². The van der Waals surface area contributed by atoms with E-state index in [4.69, 9.17) is 9.94 Å². The second-order valence-electron chi connectivity index (χ2n) is 3.06. The molecule has 0 amide bonds. The van der Waals surface area contributed by atoms with Crippen molar-refractivity contribution >= 4 is 5.71 Å². The molecule has 1 aromatic carbocycles. The molecule has 1 aromatic rings. The summed E-state index contributed by atoms with van der Waals surface area (Å²) in [6.45, 7) is 4.55. The van der Waals surface area contributed by atoms with E-state index in [2.05, 4.69) is 12.1 Å². The van der Waals surface area contributed by atoms with Crippen LogP contribution in [0.25, 0.3) is 0 Å². The van der Waals surface area contributed by atoms with Crippen LogP contribution >= 0.6 is 0 Å². The van der Waals surface area contributed by atoms with Gasteiger partial charge >= 0.3 is 0 Å². The molecular formula is C11H15NO2. The fraction of sp³-hybridized carbons (Fsp3) is 0.364. The Morgan fingerprint density at radius 1 is 1.36 bits per heavy atom. The summed E-state index contributed by atoms with van der Waals surface area (Å²) in [5.41, 5.74) is 1.50. The lowest BCUT2D eigenvalue weighted by molar-refractivity contribution is 0.317. The molecule has 0 saturated carbocycles. The number of nitrogens with zero attached hydrogens (tertiary/aromatic N) is 1. The Bertz CT molecular complexity index is 304. The summed E-state index contributed by atoms with van der Waals surface area (Å²) < 4.78 is 5.42. The Hall–Kier alpha value is -1.51. The van der Waals surface area contributed by atoms with E-state index in [0.717, 1.165) is 24.3 Å². The molecule has 0 aliphatic heterocycles. The minimum Gasteiger partial charge on any atom is -0.494 e. The fourth-order valence-electron chi connectivity index (χ4n) is 1.07. The molecule has 0 aliphatic carbocycles. The molecule has 14 heavy (non-hydrogen) atoms. The summed E-state index contributed by atoms with van der Waals surface area (Å²) in [5.74, 6) is 0.848. The lowest BCUT2D eigenvalue weighted by Crippen LogP contribution is -1.97. The second-order valence-corrected chi connectivity index (χ2v) is 3.06. The van der Waals surface area contributed by atoms with E-state index in [1.165, 1.54) is 0 Å². The highest BCUT2D eigenvalue weighted by molar-refractivity contribution is 5.98. The van der Waals surface area contributed by atoms with Crippen molar-refractivity contribution in [3.05, 3.63) is 29.8 Å². The van der Waals surface area contributed by atoms with E-state index in [-0.39, 0.29) is 0 Å². The van der Waals surface area contributed by atoms with Gasteiger partial charge < -0.3 is 9.94 Å². The highest BCUT2D eigenvalue weighted by atomic mass is 16.5. The molecule has 0 fully saturated rings. The molecule has 0 heterocycles. The van der Waals surface area contributed by atoms with Crippen LogP contribution < -0.4 is 4.74 Å². The predicted octanol–water partition coefficient (Wildman–Crippen LogP) is 2.67. The molecular weight excluding hydrogens is 178 g/mol. The predicted molar refractivity (Wildman–Crippen MR) is 56.2 cm³/mol. The first-order valence-electron chi connectivity index (χ1n) is 4.69. The zero-order chi connectivity index (χ0) is 10.4. The van der Waals surface area contributed by atoms with Gasteiger partial charge in [-0.25, -0.2) is 0 Å². The van der Waals surface area contributed by atoms with Crippen molar-refractivity contribution in [3.63, 3.8) is 0 Å². The van der Waals surface area contributed by atoms with Gasteiger partial charge in [-0.05, 0) is 43.2 Å². The van der Waals surface area contributed by atoms with Crippen molar-refractivity contribution in [2.24, 2.45) is 5.16 Å². The van der Waals surface area contributed by atoms with Crippen molar-refractivity contribution in [2.75, 3.05) is 6.61 Å². The number of hydrogen-bond donors (Lipinski definition) is 1. The smallest absolute Gasteiger partial charge is 0.119 e. The molecule has 76 valence electrons. The standard InChI is InChI=1S/C11H15NO2/c1-3-8-14-11-6-4-10(5-7-11)9(2)12-13/h4-7,13H,3,8H2,1-2H3/b12-9+. The first-order chi connectivity index (χ1) is 6.77. The van der Waals surface area contributed by atoms with Crippen LogP contribution in [-0.4, -0.2) is 17.5 Å². The highest BCUT2D eigenvalue weighted by Gasteiger charge is 1.98. The first kappa shape index (κ1) is 10.6. The first-order valence-corrected chi connectivity index (χ1v) is 4.69. The zero-order valence-corrected chi connectivity index (χ0v) is 8.53.